The fourth-order valence-corrected chi connectivity index (χ4v) is 3.94. The molecule has 4 heterocycles. The molecule has 1 aliphatic rings. The molecule has 0 spiro atoms. The van der Waals surface area contributed by atoms with Crippen LogP contribution in [0, 0.1) is 0 Å². The first-order chi connectivity index (χ1) is 12.8. The van der Waals surface area contributed by atoms with E-state index < -0.39 is 11.9 Å². The molecule has 0 saturated carbocycles. The smallest absolute Gasteiger partial charge is 0.345 e. The summed E-state index contributed by atoms with van der Waals surface area (Å²) in [5.74, 6) is -4.00. The first-order valence-corrected chi connectivity index (χ1v) is 9.13. The third kappa shape index (κ3) is 3.30. The molecule has 3 aromatic heterocycles. The van der Waals surface area contributed by atoms with Crippen LogP contribution in [0.2, 0.25) is 0 Å². The maximum atomic E-state index is 13.3. The highest BCUT2D eigenvalue weighted by Crippen LogP contribution is 2.29. The number of hydrogen-bond acceptors (Lipinski definition) is 4. The highest BCUT2D eigenvalue weighted by Gasteiger charge is 2.35. The molecule has 9 heteroatoms. The summed E-state index contributed by atoms with van der Waals surface area (Å²) in [6.07, 6.45) is 2.54. The SMILES string of the molecule is O=C(O)c1ccc(-n2ccc3cc(C(=O)N4CCC(F)(F)CC4)cnc32)s1. The topological polar surface area (TPSA) is 75.4 Å². The van der Waals surface area contributed by atoms with E-state index in [1.165, 1.54) is 17.2 Å². The fourth-order valence-electron chi connectivity index (χ4n) is 3.11. The van der Waals surface area contributed by atoms with Gasteiger partial charge in [0.15, 0.2) is 0 Å². The van der Waals surface area contributed by atoms with E-state index >= 15 is 0 Å². The largest absolute Gasteiger partial charge is 0.477 e. The van der Waals surface area contributed by atoms with Crippen molar-refractivity contribution in [2.24, 2.45) is 0 Å². The molecule has 140 valence electrons. The van der Waals surface area contributed by atoms with Crippen LogP contribution in [0.3, 0.4) is 0 Å². The average Bonchev–Trinajstić information content (AvgIpc) is 3.27. The molecular formula is C18H15F2N3O3S. The van der Waals surface area contributed by atoms with E-state index in [-0.39, 0.29) is 36.7 Å². The lowest BCUT2D eigenvalue weighted by Crippen LogP contribution is -2.42. The zero-order chi connectivity index (χ0) is 19.2. The monoisotopic (exact) mass is 391 g/mol. The van der Waals surface area contributed by atoms with Crippen LogP contribution < -0.4 is 0 Å². The van der Waals surface area contributed by atoms with Gasteiger partial charge < -0.3 is 10.0 Å². The van der Waals surface area contributed by atoms with Crippen molar-refractivity contribution in [1.29, 1.82) is 0 Å². The van der Waals surface area contributed by atoms with Crippen molar-refractivity contribution < 1.29 is 23.5 Å². The molecule has 0 aliphatic carbocycles. The summed E-state index contributed by atoms with van der Waals surface area (Å²) in [4.78, 5) is 29.6. The van der Waals surface area contributed by atoms with Gasteiger partial charge in [0.25, 0.3) is 11.8 Å². The number of carboxylic acid groups (broad SMARTS) is 1. The van der Waals surface area contributed by atoms with Gasteiger partial charge in [0.2, 0.25) is 0 Å². The zero-order valence-electron chi connectivity index (χ0n) is 14.1. The van der Waals surface area contributed by atoms with Gasteiger partial charge in [-0.3, -0.25) is 9.36 Å². The second-order valence-corrected chi connectivity index (χ2v) is 7.48. The molecule has 0 unspecified atom stereocenters. The maximum Gasteiger partial charge on any atom is 0.345 e. The molecule has 27 heavy (non-hydrogen) atoms. The van der Waals surface area contributed by atoms with E-state index in [1.807, 2.05) is 0 Å². The number of piperidine rings is 1. The van der Waals surface area contributed by atoms with Gasteiger partial charge in [-0.25, -0.2) is 18.6 Å². The summed E-state index contributed by atoms with van der Waals surface area (Å²) in [5, 5.41) is 10.5. The Balaban J connectivity index is 1.60. The molecule has 0 aromatic carbocycles. The van der Waals surface area contributed by atoms with Crippen molar-refractivity contribution in [3.63, 3.8) is 0 Å². The number of aromatic carboxylic acids is 1. The molecule has 0 bridgehead atoms. The van der Waals surface area contributed by atoms with Crippen LogP contribution in [0.4, 0.5) is 8.78 Å². The second kappa shape index (κ2) is 6.41. The molecule has 1 aliphatic heterocycles. The van der Waals surface area contributed by atoms with Crippen molar-refractivity contribution in [2.45, 2.75) is 18.8 Å². The number of thiophene rings is 1. The van der Waals surface area contributed by atoms with Crippen LogP contribution in [0.25, 0.3) is 16.0 Å². The Morgan fingerprint density at radius 3 is 2.59 bits per heavy atom. The number of nitrogens with zero attached hydrogens (tertiary/aromatic N) is 3. The number of halogens is 2. The number of amides is 1. The Hall–Kier alpha value is -2.81. The fraction of sp³-hybridized carbons (Fsp3) is 0.278. The molecular weight excluding hydrogens is 376 g/mol. The van der Waals surface area contributed by atoms with Crippen LogP contribution in [-0.2, 0) is 0 Å². The number of rotatable bonds is 3. The normalized spacial score (nSPS) is 16.6. The van der Waals surface area contributed by atoms with Gasteiger partial charge >= 0.3 is 5.97 Å². The highest BCUT2D eigenvalue weighted by atomic mass is 32.1. The van der Waals surface area contributed by atoms with Crippen molar-refractivity contribution in [3.8, 4) is 5.00 Å². The minimum atomic E-state index is -2.70. The molecule has 1 saturated heterocycles. The third-order valence-corrected chi connectivity index (χ3v) is 5.67. The molecule has 1 N–H and O–H groups in total. The third-order valence-electron chi connectivity index (χ3n) is 4.60. The number of aromatic nitrogens is 2. The van der Waals surface area contributed by atoms with Crippen molar-refractivity contribution in [2.75, 3.05) is 13.1 Å². The quantitative estimate of drug-likeness (QED) is 0.739. The predicted molar refractivity (Wildman–Crippen MR) is 96.0 cm³/mol. The van der Waals surface area contributed by atoms with Crippen LogP contribution >= 0.6 is 11.3 Å². The molecule has 0 radical (unpaired) electrons. The lowest BCUT2D eigenvalue weighted by Gasteiger charge is -2.31. The summed E-state index contributed by atoms with van der Waals surface area (Å²) in [6, 6.07) is 6.68. The molecule has 3 aromatic rings. The number of carbonyl (C=O) groups excluding carboxylic acids is 1. The number of carbonyl (C=O) groups is 2. The van der Waals surface area contributed by atoms with Gasteiger partial charge in [-0.15, -0.1) is 11.3 Å². The Labute approximate surface area is 156 Å². The number of alkyl halides is 2. The Morgan fingerprint density at radius 2 is 1.93 bits per heavy atom. The Bertz CT molecular complexity index is 1030. The van der Waals surface area contributed by atoms with E-state index in [4.69, 9.17) is 5.11 Å². The maximum absolute atomic E-state index is 13.3. The summed E-state index contributed by atoms with van der Waals surface area (Å²) >= 11 is 1.12. The van der Waals surface area contributed by atoms with Gasteiger partial charge in [0.1, 0.15) is 15.5 Å². The highest BCUT2D eigenvalue weighted by molar-refractivity contribution is 7.16. The van der Waals surface area contributed by atoms with E-state index in [2.05, 4.69) is 4.98 Å². The van der Waals surface area contributed by atoms with Crippen LogP contribution in [0.5, 0.6) is 0 Å². The summed E-state index contributed by atoms with van der Waals surface area (Å²) in [6.45, 7) is 0.0517. The predicted octanol–water partition coefficient (Wildman–Crippen LogP) is 3.66. The molecule has 1 fully saturated rings. The molecule has 0 atom stereocenters. The van der Waals surface area contributed by atoms with Gasteiger partial charge in [-0.05, 0) is 24.3 Å². The number of carboxylic acids is 1. The number of likely N-dealkylation sites (tertiary alicyclic amines) is 1. The first kappa shape index (κ1) is 17.6. The van der Waals surface area contributed by atoms with E-state index in [1.54, 1.807) is 29.0 Å². The summed E-state index contributed by atoms with van der Waals surface area (Å²) in [7, 11) is 0. The van der Waals surface area contributed by atoms with Crippen molar-refractivity contribution in [1.82, 2.24) is 14.5 Å². The first-order valence-electron chi connectivity index (χ1n) is 8.32. The lowest BCUT2D eigenvalue weighted by molar-refractivity contribution is -0.0494. The number of hydrogen-bond donors (Lipinski definition) is 1. The Morgan fingerprint density at radius 1 is 1.19 bits per heavy atom. The van der Waals surface area contributed by atoms with Gasteiger partial charge in [-0.1, -0.05) is 0 Å². The summed E-state index contributed by atoms with van der Waals surface area (Å²) < 4.78 is 28.3. The number of fused-ring (bicyclic) bond motifs is 1. The second-order valence-electron chi connectivity index (χ2n) is 6.41. The van der Waals surface area contributed by atoms with Gasteiger partial charge in [-0.2, -0.15) is 0 Å². The molecule has 4 rings (SSSR count). The lowest BCUT2D eigenvalue weighted by atomic mass is 10.1. The zero-order valence-corrected chi connectivity index (χ0v) is 14.9. The van der Waals surface area contributed by atoms with Crippen LogP contribution in [-0.4, -0.2) is 50.4 Å². The molecule has 6 nitrogen and oxygen atoms in total. The van der Waals surface area contributed by atoms with Crippen LogP contribution in [0.1, 0.15) is 32.9 Å². The minimum Gasteiger partial charge on any atom is -0.477 e. The van der Waals surface area contributed by atoms with Gasteiger partial charge in [0, 0.05) is 43.7 Å². The summed E-state index contributed by atoms with van der Waals surface area (Å²) in [5.41, 5.74) is 0.943. The van der Waals surface area contributed by atoms with Crippen LogP contribution in [0.15, 0.2) is 36.7 Å². The average molecular weight is 391 g/mol. The Kier molecular flexibility index (Phi) is 4.18. The van der Waals surface area contributed by atoms with E-state index in [0.717, 1.165) is 11.3 Å². The van der Waals surface area contributed by atoms with E-state index in [9.17, 15) is 18.4 Å². The van der Waals surface area contributed by atoms with Gasteiger partial charge in [0.05, 0.1) is 5.56 Å². The molecule has 1 amide bonds. The van der Waals surface area contributed by atoms with Crippen molar-refractivity contribution in [3.05, 3.63) is 47.1 Å². The standard InChI is InChI=1S/C18H15F2N3O3S/c19-18(20)4-7-22(8-5-18)16(24)12-9-11-3-6-23(15(11)21-10-12)14-2-1-13(27-14)17(25)26/h1-3,6,9-10H,4-5,7-8H2,(H,25,26). The van der Waals surface area contributed by atoms with Crippen molar-refractivity contribution >= 4 is 34.2 Å². The number of pyridine rings is 1. The minimum absolute atomic E-state index is 0.0258. The van der Waals surface area contributed by atoms with E-state index in [0.29, 0.717) is 21.6 Å².